The van der Waals surface area contributed by atoms with Gasteiger partial charge in [0.25, 0.3) is 0 Å². The normalized spacial score (nSPS) is 18.6. The largest absolute Gasteiger partial charge is 0.418 e. The summed E-state index contributed by atoms with van der Waals surface area (Å²) in [5.74, 6) is 0. The molecule has 2 nitrogen and oxygen atoms in total. The molecule has 1 aliphatic heterocycles. The molecule has 1 heterocycles. The summed E-state index contributed by atoms with van der Waals surface area (Å²) in [4.78, 5) is 2.19. The van der Waals surface area contributed by atoms with Crippen LogP contribution < -0.4 is 5.32 Å². The van der Waals surface area contributed by atoms with Gasteiger partial charge in [0.15, 0.2) is 0 Å². The van der Waals surface area contributed by atoms with E-state index < -0.39 is 11.7 Å². The third kappa shape index (κ3) is 3.62. The van der Waals surface area contributed by atoms with Crippen LogP contribution in [0.2, 0.25) is 0 Å². The maximum atomic E-state index is 13.0. The lowest BCUT2D eigenvalue weighted by Crippen LogP contribution is -2.37. The Bertz CT molecular complexity index is 435. The second kappa shape index (κ2) is 5.41. The molecular formula is C14H19F3N2. The van der Waals surface area contributed by atoms with Gasteiger partial charge in [-0.15, -0.1) is 0 Å². The average molecular weight is 272 g/mol. The summed E-state index contributed by atoms with van der Waals surface area (Å²) < 4.78 is 39.0. The minimum absolute atomic E-state index is 0.125. The van der Waals surface area contributed by atoms with Crippen LogP contribution in [0.15, 0.2) is 18.2 Å². The van der Waals surface area contributed by atoms with Gasteiger partial charge in [-0.2, -0.15) is 13.2 Å². The highest BCUT2D eigenvalue weighted by Crippen LogP contribution is 2.36. The Hall–Kier alpha value is -1.23. The number of piperidine rings is 1. The Kier molecular flexibility index (Phi) is 4.04. The van der Waals surface area contributed by atoms with Crippen LogP contribution in [-0.4, -0.2) is 31.1 Å². The van der Waals surface area contributed by atoms with Gasteiger partial charge in [0.05, 0.1) is 5.56 Å². The van der Waals surface area contributed by atoms with E-state index in [0.717, 1.165) is 25.9 Å². The van der Waals surface area contributed by atoms with Crippen LogP contribution in [-0.2, 0) is 6.18 Å². The lowest BCUT2D eigenvalue weighted by atomic mass is 10.0. The molecule has 5 heteroatoms. The van der Waals surface area contributed by atoms with Crippen LogP contribution in [0.3, 0.4) is 0 Å². The lowest BCUT2D eigenvalue weighted by Gasteiger charge is -2.31. The predicted octanol–water partition coefficient (Wildman–Crippen LogP) is 3.52. The fourth-order valence-electron chi connectivity index (χ4n) is 2.39. The van der Waals surface area contributed by atoms with Crippen molar-refractivity contribution in [2.24, 2.45) is 0 Å². The molecule has 19 heavy (non-hydrogen) atoms. The van der Waals surface area contributed by atoms with E-state index >= 15 is 0 Å². The molecule has 0 spiro atoms. The third-order valence-corrected chi connectivity index (χ3v) is 3.56. The molecule has 0 saturated carbocycles. The van der Waals surface area contributed by atoms with Crippen molar-refractivity contribution in [3.63, 3.8) is 0 Å². The van der Waals surface area contributed by atoms with Gasteiger partial charge in [0.1, 0.15) is 0 Å². The first-order chi connectivity index (χ1) is 8.86. The fourth-order valence-corrected chi connectivity index (χ4v) is 2.39. The van der Waals surface area contributed by atoms with E-state index in [9.17, 15) is 13.2 Å². The second-order valence-electron chi connectivity index (χ2n) is 5.27. The lowest BCUT2D eigenvalue weighted by molar-refractivity contribution is -0.137. The van der Waals surface area contributed by atoms with E-state index in [1.165, 1.54) is 12.1 Å². The van der Waals surface area contributed by atoms with Crippen LogP contribution >= 0.6 is 0 Å². The van der Waals surface area contributed by atoms with Gasteiger partial charge >= 0.3 is 6.18 Å². The fraction of sp³-hybridized carbons (Fsp3) is 0.571. The van der Waals surface area contributed by atoms with Crippen molar-refractivity contribution >= 4 is 5.69 Å². The Labute approximate surface area is 111 Å². The van der Waals surface area contributed by atoms with E-state index in [4.69, 9.17) is 0 Å². The van der Waals surface area contributed by atoms with Crippen LogP contribution in [0.25, 0.3) is 0 Å². The topological polar surface area (TPSA) is 15.3 Å². The van der Waals surface area contributed by atoms with Gasteiger partial charge in [-0.3, -0.25) is 0 Å². The summed E-state index contributed by atoms with van der Waals surface area (Å²) in [5.41, 5.74) is 0.264. The molecule has 0 unspecified atom stereocenters. The van der Waals surface area contributed by atoms with E-state index in [1.807, 2.05) is 7.05 Å². The molecule has 1 N–H and O–H groups in total. The summed E-state index contributed by atoms with van der Waals surface area (Å²) in [6, 6.07) is 4.58. The minimum atomic E-state index is -4.31. The highest BCUT2D eigenvalue weighted by molar-refractivity contribution is 5.54. The first-order valence-corrected chi connectivity index (χ1v) is 6.49. The molecule has 1 saturated heterocycles. The van der Waals surface area contributed by atoms with E-state index in [-0.39, 0.29) is 11.7 Å². The number of halogens is 3. The van der Waals surface area contributed by atoms with Gasteiger partial charge in [0.2, 0.25) is 0 Å². The SMILES string of the molecule is Cc1ccc(NC2CCN(C)CC2)c(C(F)(F)F)c1. The number of likely N-dealkylation sites (tertiary alicyclic amines) is 1. The number of hydrogen-bond donors (Lipinski definition) is 1. The first kappa shape index (κ1) is 14.2. The predicted molar refractivity (Wildman–Crippen MR) is 70.3 cm³/mol. The van der Waals surface area contributed by atoms with E-state index in [1.54, 1.807) is 13.0 Å². The maximum absolute atomic E-state index is 13.0. The van der Waals surface area contributed by atoms with Gasteiger partial charge in [-0.05, 0) is 52.0 Å². The van der Waals surface area contributed by atoms with Crippen LogP contribution in [0.4, 0.5) is 18.9 Å². The summed E-state index contributed by atoms with van der Waals surface area (Å²) in [7, 11) is 2.03. The zero-order valence-corrected chi connectivity index (χ0v) is 11.2. The monoisotopic (exact) mass is 272 g/mol. The van der Waals surface area contributed by atoms with E-state index in [2.05, 4.69) is 10.2 Å². The molecule has 1 fully saturated rings. The molecule has 1 aromatic carbocycles. The zero-order chi connectivity index (χ0) is 14.0. The van der Waals surface area contributed by atoms with Crippen molar-refractivity contribution in [1.29, 1.82) is 0 Å². The van der Waals surface area contributed by atoms with Gasteiger partial charge < -0.3 is 10.2 Å². The van der Waals surface area contributed by atoms with Crippen molar-refractivity contribution < 1.29 is 13.2 Å². The Balaban J connectivity index is 2.16. The Morgan fingerprint density at radius 2 is 1.84 bits per heavy atom. The molecule has 2 rings (SSSR count). The summed E-state index contributed by atoms with van der Waals surface area (Å²) in [5, 5.41) is 3.06. The Morgan fingerprint density at radius 3 is 2.42 bits per heavy atom. The maximum Gasteiger partial charge on any atom is 0.418 e. The molecule has 0 aromatic heterocycles. The number of nitrogens with one attached hydrogen (secondary N) is 1. The molecule has 0 aliphatic carbocycles. The number of benzene rings is 1. The molecule has 0 radical (unpaired) electrons. The summed E-state index contributed by atoms with van der Waals surface area (Å²) >= 11 is 0. The number of nitrogens with zero attached hydrogens (tertiary/aromatic N) is 1. The molecule has 0 atom stereocenters. The number of alkyl halides is 3. The molecule has 0 bridgehead atoms. The van der Waals surface area contributed by atoms with Crippen molar-refractivity contribution in [2.45, 2.75) is 32.0 Å². The molecule has 1 aromatic rings. The van der Waals surface area contributed by atoms with Gasteiger partial charge in [-0.25, -0.2) is 0 Å². The Morgan fingerprint density at radius 1 is 1.21 bits per heavy atom. The summed E-state index contributed by atoms with van der Waals surface area (Å²) in [6.45, 7) is 3.52. The van der Waals surface area contributed by atoms with Crippen molar-refractivity contribution in [1.82, 2.24) is 4.90 Å². The molecule has 1 aliphatic rings. The standard InChI is InChI=1S/C14H19F3N2/c1-10-3-4-13(12(9-10)14(15,16)17)18-11-5-7-19(2)8-6-11/h3-4,9,11,18H,5-8H2,1-2H3. The average Bonchev–Trinajstić information content (AvgIpc) is 2.33. The van der Waals surface area contributed by atoms with Crippen molar-refractivity contribution in [2.75, 3.05) is 25.5 Å². The molecule has 106 valence electrons. The van der Waals surface area contributed by atoms with Crippen LogP contribution in [0, 0.1) is 6.92 Å². The van der Waals surface area contributed by atoms with Crippen LogP contribution in [0.1, 0.15) is 24.0 Å². The highest BCUT2D eigenvalue weighted by Gasteiger charge is 2.34. The van der Waals surface area contributed by atoms with Crippen molar-refractivity contribution in [3.05, 3.63) is 29.3 Å². The quantitative estimate of drug-likeness (QED) is 0.886. The number of anilines is 1. The zero-order valence-electron chi connectivity index (χ0n) is 11.2. The van der Waals surface area contributed by atoms with Crippen molar-refractivity contribution in [3.8, 4) is 0 Å². The molecular weight excluding hydrogens is 253 g/mol. The second-order valence-corrected chi connectivity index (χ2v) is 5.27. The minimum Gasteiger partial charge on any atom is -0.382 e. The van der Waals surface area contributed by atoms with E-state index in [0.29, 0.717) is 5.56 Å². The van der Waals surface area contributed by atoms with Gasteiger partial charge in [-0.1, -0.05) is 11.6 Å². The van der Waals surface area contributed by atoms with Crippen LogP contribution in [0.5, 0.6) is 0 Å². The number of rotatable bonds is 2. The smallest absolute Gasteiger partial charge is 0.382 e. The first-order valence-electron chi connectivity index (χ1n) is 6.49. The highest BCUT2D eigenvalue weighted by atomic mass is 19.4. The summed E-state index contributed by atoms with van der Waals surface area (Å²) in [6.07, 6.45) is -2.55. The molecule has 0 amide bonds. The van der Waals surface area contributed by atoms with Gasteiger partial charge in [0, 0.05) is 11.7 Å². The third-order valence-electron chi connectivity index (χ3n) is 3.56. The number of aryl methyl sites for hydroxylation is 1. The number of hydrogen-bond acceptors (Lipinski definition) is 2.